The van der Waals surface area contributed by atoms with Gasteiger partial charge in [0.1, 0.15) is 68.2 Å². The first-order valence-electron chi connectivity index (χ1n) is 28.1. The first-order valence-corrected chi connectivity index (χ1v) is 36.3. The summed E-state index contributed by atoms with van der Waals surface area (Å²) in [5, 5.41) is 13.6. The molecule has 0 aliphatic heterocycles. The van der Waals surface area contributed by atoms with Gasteiger partial charge in [0.15, 0.2) is 0 Å². The molecule has 2 aromatic rings. The summed E-state index contributed by atoms with van der Waals surface area (Å²) in [6.07, 6.45) is 0.358. The minimum absolute atomic E-state index is 0.00156. The molecule has 6 atom stereocenters. The lowest BCUT2D eigenvalue weighted by Gasteiger charge is -2.34. The third-order valence-electron chi connectivity index (χ3n) is 12.5. The molecule has 36 heteroatoms. The van der Waals surface area contributed by atoms with Crippen molar-refractivity contribution in [2.24, 2.45) is 0 Å². The first-order chi connectivity index (χ1) is 43.7. The van der Waals surface area contributed by atoms with Gasteiger partial charge in [0.25, 0.3) is 0 Å². The van der Waals surface area contributed by atoms with Crippen molar-refractivity contribution < 1.29 is 81.3 Å². The van der Waals surface area contributed by atoms with Gasteiger partial charge in [-0.1, -0.05) is 119 Å². The maximum atomic E-state index is 14.7. The molecule has 0 fully saturated rings. The predicted molar refractivity (Wildman–Crippen MR) is 366 cm³/mol. The number of nitrogens with one attached hydrogen (secondary N) is 6. The van der Waals surface area contributed by atoms with Crippen LogP contribution in [0.5, 0.6) is 0 Å². The minimum atomic E-state index is -2.02. The van der Waals surface area contributed by atoms with E-state index in [9.17, 15) is 62.3 Å². The monoisotopic (exact) mass is 1470 g/mol. The molecule has 0 bridgehead atoms. The van der Waals surface area contributed by atoms with Crippen LogP contribution in [0.4, 0.5) is 14.4 Å². The summed E-state index contributed by atoms with van der Waals surface area (Å²) in [5.41, 5.74) is 0.368. The Kier molecular flexibility index (Phi) is 38.9. The number of hydrogen-bond donors (Lipinski definition) is 6. The Morgan fingerprint density at radius 2 is 0.892 bits per heavy atom. The van der Waals surface area contributed by atoms with Crippen molar-refractivity contribution in [3.8, 4) is 0 Å². The van der Waals surface area contributed by atoms with E-state index in [-0.39, 0.29) is 59.8 Å². The summed E-state index contributed by atoms with van der Waals surface area (Å²) in [6.45, 7) is 5.06. The maximum Gasteiger partial charge on any atom is 0.408 e. The molecule has 0 aliphatic carbocycles. The Labute approximate surface area is 581 Å². The molecule has 0 spiro atoms. The van der Waals surface area contributed by atoms with E-state index in [1.165, 1.54) is 65.6 Å². The molecule has 0 unspecified atom stereocenters. The Morgan fingerprint density at radius 3 is 1.28 bits per heavy atom. The Bertz CT molecular complexity index is 2840. The van der Waals surface area contributed by atoms with Gasteiger partial charge in [-0.05, 0) is 44.4 Å². The fourth-order valence-electron chi connectivity index (χ4n) is 7.40. The number of nitrogens with zero attached hydrogens (tertiary/aromatic N) is 4. The molecular formula is C57H81Cl3N10O17S6. The molecule has 0 aromatic heterocycles. The van der Waals surface area contributed by atoms with Crippen LogP contribution in [0, 0.1) is 0 Å². The summed E-state index contributed by atoms with van der Waals surface area (Å²) < 4.78 is 19.0. The SMILES string of the molecule is CSC[C@@H](C(=O)SC[C@@H](NC(=O)OCc1ccccc1)C(=O)NCC(=O)N(C)[C@@H](CSCNC(C)=O)C(=O)N(C)[C@@H](CSC)C(=O)SC[C@@H](NC(=O)OCc1ccccc1)C(=O)OCC(Cl)(Cl)Cl)N(C)C(=O)[C@H](CSCNC(C)=O)N(C)C(=O)CNC(=O)OC(C)(C)C. The number of alkyl halides is 3. The molecule has 6 N–H and O–H groups in total. The van der Waals surface area contributed by atoms with Crippen molar-refractivity contribution in [2.75, 3.05) is 107 Å². The lowest BCUT2D eigenvalue weighted by atomic mass is 10.2. The van der Waals surface area contributed by atoms with Crippen LogP contribution < -0.4 is 31.9 Å². The van der Waals surface area contributed by atoms with E-state index in [0.717, 1.165) is 43.1 Å². The van der Waals surface area contributed by atoms with Crippen LogP contribution in [0.2, 0.25) is 0 Å². The number of benzene rings is 2. The van der Waals surface area contributed by atoms with Gasteiger partial charge < -0.3 is 70.4 Å². The van der Waals surface area contributed by atoms with Gasteiger partial charge in [0.2, 0.25) is 55.4 Å². The second kappa shape index (κ2) is 43.4. The van der Waals surface area contributed by atoms with E-state index in [1.54, 1.807) is 93.9 Å². The number of carbonyl (C=O) groups is 13. The molecule has 0 heterocycles. The average molecular weight is 1480 g/mol. The number of alkyl carbamates (subject to hydrolysis) is 3. The molecule has 2 aromatic carbocycles. The lowest BCUT2D eigenvalue weighted by molar-refractivity contribution is -0.145. The highest BCUT2D eigenvalue weighted by Crippen LogP contribution is 2.27. The number of halogens is 3. The van der Waals surface area contributed by atoms with Crippen LogP contribution in [0.3, 0.4) is 0 Å². The third-order valence-corrected chi connectivity index (χ3v) is 18.0. The maximum absolute atomic E-state index is 14.7. The van der Waals surface area contributed by atoms with Crippen LogP contribution in [-0.2, 0) is 80.1 Å². The van der Waals surface area contributed by atoms with E-state index < -0.39 is 141 Å². The molecule has 0 aliphatic rings. The van der Waals surface area contributed by atoms with Gasteiger partial charge >= 0.3 is 24.2 Å². The Balaban J connectivity index is 2.44. The zero-order chi connectivity index (χ0) is 70.0. The summed E-state index contributed by atoms with van der Waals surface area (Å²) in [5.74, 6) is -6.81. The van der Waals surface area contributed by atoms with Crippen molar-refractivity contribution in [2.45, 2.75) is 93.5 Å². The highest BCUT2D eigenvalue weighted by Gasteiger charge is 2.39. The Morgan fingerprint density at radius 1 is 0.495 bits per heavy atom. The number of ether oxygens (including phenoxy) is 4. The van der Waals surface area contributed by atoms with Gasteiger partial charge in [-0.25, -0.2) is 19.2 Å². The van der Waals surface area contributed by atoms with Gasteiger partial charge in [0, 0.05) is 76.6 Å². The topological polar surface area (TPSA) is 344 Å². The van der Waals surface area contributed by atoms with Crippen molar-refractivity contribution in [3.05, 3.63) is 71.8 Å². The largest absolute Gasteiger partial charge is 0.460 e. The van der Waals surface area contributed by atoms with E-state index in [4.69, 9.17) is 53.8 Å². The Hall–Kier alpha value is -5.68. The number of thioether (sulfide) groups is 6. The molecule has 2 rings (SSSR count). The van der Waals surface area contributed by atoms with Crippen LogP contribution in [0.25, 0.3) is 0 Å². The van der Waals surface area contributed by atoms with Crippen molar-refractivity contribution >= 4 is 181 Å². The van der Waals surface area contributed by atoms with Crippen molar-refractivity contribution in [3.63, 3.8) is 0 Å². The smallest absolute Gasteiger partial charge is 0.408 e. The number of carbonyl (C=O) groups excluding carboxylic acids is 13. The standard InChI is InChI=1S/C57H81Cl3N10O17S6/c1-35(71)63-33-90-30-41(48(76)70(9)44(29-89-11)52(80)93-27-40(50(78)86-32-57(58,59)60)66-55(83)85-25-38-20-16-13-17-21-38)67(6)45(73)22-61-47(75)39(65-54(82)84-24-37-18-14-12-15-19-37)26-92-51(79)43(28-88-10)69(8)49(77)42(31-91-34-64-36(2)72)68(7)46(74)23-62-53(81)87-56(3,4)5/h12-21,39-44H,22-34H2,1-11H3,(H,61,75)(H,62,81)(H,63,71)(H,64,72)(H,65,82)(H,66,83)/t39-,40-,41+,42+,43+,44+/m1/s1. The van der Waals surface area contributed by atoms with Crippen molar-refractivity contribution in [1.29, 1.82) is 0 Å². The van der Waals surface area contributed by atoms with Gasteiger partial charge in [-0.15, -0.1) is 23.5 Å². The number of rotatable bonds is 37. The van der Waals surface area contributed by atoms with Gasteiger partial charge in [0.05, 0.1) is 18.3 Å². The molecule has 518 valence electrons. The number of amides is 10. The zero-order valence-electron chi connectivity index (χ0n) is 53.2. The molecule has 27 nitrogen and oxygen atoms in total. The summed E-state index contributed by atoms with van der Waals surface area (Å²) in [6, 6.07) is 9.06. The second-order valence-electron chi connectivity index (χ2n) is 21.0. The van der Waals surface area contributed by atoms with Gasteiger partial charge in [-0.2, -0.15) is 23.5 Å². The predicted octanol–water partition coefficient (Wildman–Crippen LogP) is 4.34. The summed E-state index contributed by atoms with van der Waals surface area (Å²) in [7, 11) is 5.29. The molecule has 0 radical (unpaired) electrons. The molecule has 0 saturated heterocycles. The quantitative estimate of drug-likeness (QED) is 0.0180. The van der Waals surface area contributed by atoms with Gasteiger partial charge in [-0.3, -0.25) is 43.2 Å². The van der Waals surface area contributed by atoms with E-state index in [1.807, 2.05) is 0 Å². The molecular weight excluding hydrogens is 1400 g/mol. The molecule has 93 heavy (non-hydrogen) atoms. The van der Waals surface area contributed by atoms with E-state index >= 15 is 0 Å². The number of esters is 1. The van der Waals surface area contributed by atoms with Crippen LogP contribution in [0.15, 0.2) is 60.7 Å². The zero-order valence-corrected chi connectivity index (χ0v) is 60.4. The first kappa shape index (κ1) is 83.4. The highest BCUT2D eigenvalue weighted by atomic mass is 35.6. The van der Waals surface area contributed by atoms with Crippen LogP contribution in [-0.4, -0.2) is 248 Å². The molecule has 0 saturated carbocycles. The van der Waals surface area contributed by atoms with Crippen molar-refractivity contribution in [1.82, 2.24) is 51.5 Å². The second-order valence-corrected chi connectivity index (χ2v) is 29.4. The van der Waals surface area contributed by atoms with E-state index in [0.29, 0.717) is 34.7 Å². The fraction of sp³-hybridized carbons (Fsp3) is 0.561. The number of likely N-dealkylation sites (N-methyl/N-ethyl adjacent to an activating group) is 4. The minimum Gasteiger partial charge on any atom is -0.460 e. The molecule has 10 amide bonds. The van der Waals surface area contributed by atoms with Crippen LogP contribution >= 0.6 is 105 Å². The van der Waals surface area contributed by atoms with Crippen LogP contribution in [0.1, 0.15) is 45.7 Å². The normalized spacial score (nSPS) is 13.1. The number of hydrogen-bond acceptors (Lipinski definition) is 23. The van der Waals surface area contributed by atoms with E-state index in [2.05, 4.69) is 31.9 Å². The summed E-state index contributed by atoms with van der Waals surface area (Å²) in [4.78, 5) is 179. The average Bonchev–Trinajstić information content (AvgIpc) is 1.06. The summed E-state index contributed by atoms with van der Waals surface area (Å²) >= 11 is 23.1. The lowest BCUT2D eigenvalue weighted by Crippen LogP contribution is -2.56. The third kappa shape index (κ3) is 33.5. The fourth-order valence-corrected chi connectivity index (χ4v) is 13.2. The highest BCUT2D eigenvalue weighted by molar-refractivity contribution is 8.14.